The zero-order valence-electron chi connectivity index (χ0n) is 48.4. The lowest BCUT2D eigenvalue weighted by Gasteiger charge is -2.39. The Kier molecular flexibility index (Phi) is 20.9. The van der Waals surface area contributed by atoms with E-state index in [-0.39, 0.29) is 97.2 Å². The number of unbranched alkanes of at least 4 members (excludes halogenated alkanes) is 5. The van der Waals surface area contributed by atoms with Crippen LogP contribution in [0.1, 0.15) is 124 Å². The number of hydrogen-bond donors (Lipinski definition) is 7. The average molecular weight is 1240 g/mol. The van der Waals surface area contributed by atoms with Crippen molar-refractivity contribution in [3.8, 4) is 17.2 Å². The Labute approximate surface area is 508 Å². The third kappa shape index (κ3) is 14.5. The van der Waals surface area contributed by atoms with Crippen LogP contribution >= 0.6 is 19.4 Å². The lowest BCUT2D eigenvalue weighted by molar-refractivity contribution is -0.151. The first-order chi connectivity index (χ1) is 41.9. The minimum atomic E-state index is -4.93. The molecule has 4 aromatic carbocycles. The zero-order valence-corrected chi connectivity index (χ0v) is 50.1. The molecule has 2 fully saturated rings. The molecule has 4 atom stereocenters. The predicted molar refractivity (Wildman–Crippen MR) is 321 cm³/mol. The molecule has 5 aliphatic rings. The first kappa shape index (κ1) is 63.9. The Hall–Kier alpha value is -7.60. The van der Waals surface area contributed by atoms with E-state index in [9.17, 15) is 57.8 Å². The van der Waals surface area contributed by atoms with Crippen molar-refractivity contribution in [2.45, 2.75) is 127 Å². The van der Waals surface area contributed by atoms with E-state index in [1.54, 1.807) is 53.4 Å². The molecular formula is C61H74ClN8O16P. The van der Waals surface area contributed by atoms with E-state index >= 15 is 0 Å². The van der Waals surface area contributed by atoms with Crippen molar-refractivity contribution in [1.29, 1.82) is 0 Å². The Morgan fingerprint density at radius 1 is 0.839 bits per heavy atom. The van der Waals surface area contributed by atoms with Gasteiger partial charge >= 0.3 is 13.9 Å². The second-order valence-electron chi connectivity index (χ2n) is 22.4. The van der Waals surface area contributed by atoms with Gasteiger partial charge < -0.3 is 55.3 Å². The van der Waals surface area contributed by atoms with Gasteiger partial charge in [-0.25, -0.2) is 14.3 Å². The molecule has 9 rings (SSSR count). The zero-order chi connectivity index (χ0) is 62.0. The number of carbonyl (C=O) groups excluding carboxylic acids is 8. The van der Waals surface area contributed by atoms with Gasteiger partial charge in [-0.3, -0.25) is 48.2 Å². The molecule has 4 heterocycles. The van der Waals surface area contributed by atoms with Crippen LogP contribution in [0.15, 0.2) is 78.9 Å². The summed E-state index contributed by atoms with van der Waals surface area (Å²) in [6, 6.07) is 16.2. The molecule has 0 aromatic heterocycles. The number of hydrogen-bond acceptors (Lipinski definition) is 15. The number of halogens is 1. The van der Waals surface area contributed by atoms with Crippen molar-refractivity contribution in [3.05, 3.63) is 95.6 Å². The van der Waals surface area contributed by atoms with Crippen LogP contribution in [0.2, 0.25) is 0 Å². The monoisotopic (exact) mass is 1240 g/mol. The Morgan fingerprint density at radius 3 is 2.25 bits per heavy atom. The normalized spacial score (nSPS) is 18.8. The van der Waals surface area contributed by atoms with Crippen molar-refractivity contribution >= 4 is 94.7 Å². The second kappa shape index (κ2) is 28.5. The van der Waals surface area contributed by atoms with Crippen LogP contribution in [0.25, 0.3) is 10.8 Å². The summed E-state index contributed by atoms with van der Waals surface area (Å²) < 4.78 is 34.7. The number of aliphatic hydroxyl groups is 1. The molecule has 24 nitrogen and oxygen atoms in total. The van der Waals surface area contributed by atoms with E-state index in [1.165, 1.54) is 47.3 Å². The molecular weight excluding hydrogens is 1170 g/mol. The van der Waals surface area contributed by atoms with Gasteiger partial charge in [0, 0.05) is 79.8 Å². The highest BCUT2D eigenvalue weighted by Gasteiger charge is 2.51. The highest BCUT2D eigenvalue weighted by atomic mass is 35.5. The van der Waals surface area contributed by atoms with Gasteiger partial charge in [-0.15, -0.1) is 11.6 Å². The number of aliphatic hydroxyl groups excluding tert-OH is 1. The first-order valence-electron chi connectivity index (χ1n) is 29.6. The second-order valence-corrected chi connectivity index (χ2v) is 23.9. The van der Waals surface area contributed by atoms with Gasteiger partial charge in [0.2, 0.25) is 23.6 Å². The van der Waals surface area contributed by atoms with Gasteiger partial charge in [0.1, 0.15) is 23.8 Å². The standard InChI is InChI=1S/C61H74ClN8O16P/c1-83-49-32-43-46(33-50(49)84-31-11-2-4-18-51(71)69-36-39(35-62)54-42-15-6-5-14-41(42)48(34-47(54)69)86-87(80,81)82)70(57(76)45-17-12-30-67(45)56(43)75)60(79)85-37-38-19-21-40(22-20-38)65-55(74)44(16-7-8-27-63)66-59(78)61(25-13-26-61)58(77)64-28-9-3-10-29-68-52(72)23-24-53(68)73/h5-6,14-15,19-24,32-34,39,44-45,57,76H,2-4,7-13,16-18,25-31,35-37,63H2,1H3,(H,64,77)(H,65,74)(H,66,78)(H2,80,81,82)/t39-,44+,45+,57?/m1/s1. The smallest absolute Gasteiger partial charge is 0.493 e. The summed E-state index contributed by atoms with van der Waals surface area (Å²) >= 11 is 6.41. The number of phosphoric ester groups is 1. The molecule has 4 aromatic rings. The number of anilines is 3. The van der Waals surface area contributed by atoms with Crippen molar-refractivity contribution in [2.75, 3.05) is 67.4 Å². The fraction of sp³-hybridized carbons (Fsp3) is 0.475. The average Bonchev–Trinajstić information content (AvgIpc) is 1.77. The molecule has 0 radical (unpaired) electrons. The predicted octanol–water partition coefficient (Wildman–Crippen LogP) is 6.64. The maximum absolute atomic E-state index is 14.3. The number of methoxy groups -OCH3 is 1. The summed E-state index contributed by atoms with van der Waals surface area (Å²) in [5, 5.41) is 21.6. The molecule has 26 heteroatoms. The maximum atomic E-state index is 14.3. The van der Waals surface area contributed by atoms with Crippen LogP contribution in [0.4, 0.5) is 21.9 Å². The Balaban J connectivity index is 0.793. The highest BCUT2D eigenvalue weighted by Crippen LogP contribution is 2.50. The summed E-state index contributed by atoms with van der Waals surface area (Å²) in [5.74, 6) is -2.43. The molecule has 466 valence electrons. The summed E-state index contributed by atoms with van der Waals surface area (Å²) in [6.07, 6.45) is 7.17. The van der Waals surface area contributed by atoms with Crippen LogP contribution in [-0.4, -0.2) is 143 Å². The van der Waals surface area contributed by atoms with Crippen LogP contribution in [0.3, 0.4) is 0 Å². The number of amides is 8. The first-order valence-corrected chi connectivity index (χ1v) is 31.6. The summed E-state index contributed by atoms with van der Waals surface area (Å²) in [4.78, 5) is 132. The van der Waals surface area contributed by atoms with E-state index in [1.807, 2.05) is 0 Å². The number of benzene rings is 4. The Morgan fingerprint density at radius 2 is 1.56 bits per heavy atom. The number of nitrogens with zero attached hydrogens (tertiary/aromatic N) is 4. The molecule has 1 saturated heterocycles. The number of nitrogens with two attached hydrogens (primary N) is 1. The fourth-order valence-electron chi connectivity index (χ4n) is 11.9. The number of ether oxygens (including phenoxy) is 3. The van der Waals surface area contributed by atoms with Crippen LogP contribution in [0, 0.1) is 5.41 Å². The number of carbonyl (C=O) groups is 8. The van der Waals surface area contributed by atoms with Gasteiger partial charge in [-0.05, 0) is 125 Å². The molecule has 8 N–H and O–H groups in total. The lowest BCUT2D eigenvalue weighted by Crippen LogP contribution is -2.58. The van der Waals surface area contributed by atoms with Crippen LogP contribution < -0.4 is 45.5 Å². The van der Waals surface area contributed by atoms with E-state index in [4.69, 9.17) is 36.1 Å². The SMILES string of the molecule is COc1cc2c(cc1OCCCCCC(=O)N1C[C@@H](CCl)c3c1cc(OP(=O)(O)O)c1ccccc31)N(C(=O)OCc1ccc(NC(=O)[C@H](CCCCN)NC(=O)C3(C(=O)NCCCCCN4C(=O)C=CC4=O)CCC3)cc1)C(O)[C@@H]1CCCN1C2=O. The van der Waals surface area contributed by atoms with E-state index in [0.717, 1.165) is 10.5 Å². The van der Waals surface area contributed by atoms with E-state index in [0.29, 0.717) is 131 Å². The molecule has 4 aliphatic heterocycles. The Bertz CT molecular complexity index is 3320. The number of alkyl halides is 1. The van der Waals surface area contributed by atoms with Crippen LogP contribution in [-0.2, 0) is 44.7 Å². The largest absolute Gasteiger partial charge is 0.524 e. The van der Waals surface area contributed by atoms with Gasteiger partial charge in [0.05, 0.1) is 36.7 Å². The van der Waals surface area contributed by atoms with Crippen molar-refractivity contribution < 1.29 is 76.5 Å². The third-order valence-corrected chi connectivity index (χ3v) is 17.5. The summed E-state index contributed by atoms with van der Waals surface area (Å²) in [5.41, 5.74) is 6.74. The fourth-order valence-corrected chi connectivity index (χ4v) is 12.6. The van der Waals surface area contributed by atoms with Crippen molar-refractivity contribution in [2.24, 2.45) is 11.1 Å². The minimum Gasteiger partial charge on any atom is -0.493 e. The number of fused-ring (bicyclic) bond motifs is 5. The van der Waals surface area contributed by atoms with E-state index < -0.39 is 61.3 Å². The van der Waals surface area contributed by atoms with Crippen molar-refractivity contribution in [3.63, 3.8) is 0 Å². The number of phosphoric acid groups is 1. The topological polar surface area (TPSA) is 326 Å². The molecule has 1 saturated carbocycles. The molecule has 8 amide bonds. The molecule has 0 spiro atoms. The van der Waals surface area contributed by atoms with Gasteiger partial charge in [0.15, 0.2) is 17.7 Å². The molecule has 1 unspecified atom stereocenters. The quantitative estimate of drug-likeness (QED) is 0.0103. The summed E-state index contributed by atoms with van der Waals surface area (Å²) in [7, 11) is -3.52. The molecule has 0 bridgehead atoms. The van der Waals surface area contributed by atoms with E-state index in [2.05, 4.69) is 16.0 Å². The lowest BCUT2D eigenvalue weighted by atomic mass is 9.67. The van der Waals surface area contributed by atoms with Crippen LogP contribution in [0.5, 0.6) is 17.2 Å². The molecule has 1 aliphatic carbocycles. The number of imide groups is 1. The van der Waals surface area contributed by atoms with Gasteiger partial charge in [0.25, 0.3) is 17.7 Å². The highest BCUT2D eigenvalue weighted by molar-refractivity contribution is 7.46. The van der Waals surface area contributed by atoms with Gasteiger partial charge in [-0.1, -0.05) is 42.8 Å². The minimum absolute atomic E-state index is 0.0458. The third-order valence-electron chi connectivity index (χ3n) is 16.7. The maximum Gasteiger partial charge on any atom is 0.524 e. The molecule has 87 heavy (non-hydrogen) atoms. The number of nitrogens with one attached hydrogen (secondary N) is 3. The van der Waals surface area contributed by atoms with Crippen molar-refractivity contribution in [1.82, 2.24) is 20.4 Å². The summed E-state index contributed by atoms with van der Waals surface area (Å²) in [6.45, 7) is 1.47. The van der Waals surface area contributed by atoms with Gasteiger partial charge in [-0.2, -0.15) is 0 Å². The number of rotatable bonds is 28.